The van der Waals surface area contributed by atoms with Gasteiger partial charge in [0.2, 0.25) is 0 Å². The van der Waals surface area contributed by atoms with Crippen molar-refractivity contribution >= 4 is 17.7 Å². The molecule has 2 atom stereocenters. The first kappa shape index (κ1) is 24.3. The average molecular weight is 475 g/mol. The molecular formula is C28H30N2O5. The van der Waals surface area contributed by atoms with Crippen molar-refractivity contribution in [3.63, 3.8) is 0 Å². The van der Waals surface area contributed by atoms with Gasteiger partial charge in [-0.1, -0.05) is 67.6 Å². The normalized spacial score (nSPS) is 16.2. The highest BCUT2D eigenvalue weighted by molar-refractivity contribution is 5.89. The van der Waals surface area contributed by atoms with E-state index >= 15 is 0 Å². The molecule has 35 heavy (non-hydrogen) atoms. The van der Waals surface area contributed by atoms with Crippen LogP contribution in [0, 0.1) is 0 Å². The molecule has 0 aliphatic carbocycles. The first-order valence-corrected chi connectivity index (χ1v) is 11.8. The predicted molar refractivity (Wildman–Crippen MR) is 133 cm³/mol. The van der Waals surface area contributed by atoms with Crippen molar-refractivity contribution < 1.29 is 24.2 Å². The fourth-order valence-electron chi connectivity index (χ4n) is 4.27. The van der Waals surface area contributed by atoms with Crippen LogP contribution in [0.4, 0.5) is 10.5 Å². The largest absolute Gasteiger partial charge is 0.490 e. The van der Waals surface area contributed by atoms with E-state index in [0.717, 1.165) is 16.8 Å². The minimum absolute atomic E-state index is 0.235. The van der Waals surface area contributed by atoms with Gasteiger partial charge in [-0.15, -0.1) is 0 Å². The number of carbonyl (C=O) groups excluding carboxylic acids is 1. The molecule has 1 saturated heterocycles. The van der Waals surface area contributed by atoms with Crippen molar-refractivity contribution in [2.24, 2.45) is 0 Å². The molecular weight excluding hydrogens is 444 g/mol. The van der Waals surface area contributed by atoms with Gasteiger partial charge in [0.15, 0.2) is 6.10 Å². The molecule has 0 saturated carbocycles. The Bertz CT molecular complexity index is 1120. The Hall–Kier alpha value is -3.84. The Labute approximate surface area is 205 Å². The fourth-order valence-corrected chi connectivity index (χ4v) is 4.27. The van der Waals surface area contributed by atoms with E-state index < -0.39 is 12.0 Å². The van der Waals surface area contributed by atoms with E-state index in [-0.39, 0.29) is 18.8 Å². The van der Waals surface area contributed by atoms with Crippen molar-refractivity contribution in [2.75, 3.05) is 18.1 Å². The Morgan fingerprint density at radius 3 is 2.37 bits per heavy atom. The molecule has 0 aromatic heterocycles. The summed E-state index contributed by atoms with van der Waals surface area (Å²) in [7, 11) is 0. The number of aliphatic carboxylic acids is 1. The minimum atomic E-state index is -0.832. The quantitative estimate of drug-likeness (QED) is 0.423. The number of rotatable bonds is 11. The summed E-state index contributed by atoms with van der Waals surface area (Å²) in [6.45, 7) is 3.54. The molecule has 1 fully saturated rings. The zero-order chi connectivity index (χ0) is 24.6. The van der Waals surface area contributed by atoms with Crippen LogP contribution in [-0.2, 0) is 22.6 Å². The maximum Gasteiger partial charge on any atom is 0.414 e. The molecule has 1 amide bonds. The number of anilines is 1. The number of carbonyl (C=O) groups is 2. The third-order valence-corrected chi connectivity index (χ3v) is 6.00. The Kier molecular flexibility index (Phi) is 8.00. The Morgan fingerprint density at radius 2 is 1.69 bits per heavy atom. The monoisotopic (exact) mass is 474 g/mol. The molecule has 1 aliphatic rings. The van der Waals surface area contributed by atoms with Crippen molar-refractivity contribution in [3.05, 3.63) is 96.1 Å². The fraction of sp³-hybridized carbons (Fsp3) is 0.286. The van der Waals surface area contributed by atoms with Crippen LogP contribution >= 0.6 is 0 Å². The lowest BCUT2D eigenvalue weighted by Gasteiger charge is -2.28. The summed E-state index contributed by atoms with van der Waals surface area (Å²) < 4.78 is 11.4. The second-order valence-corrected chi connectivity index (χ2v) is 8.56. The van der Waals surface area contributed by atoms with Gasteiger partial charge in [-0.3, -0.25) is 14.6 Å². The van der Waals surface area contributed by atoms with Crippen LogP contribution in [0.25, 0.3) is 0 Å². The molecule has 3 aromatic rings. The van der Waals surface area contributed by atoms with Crippen LogP contribution < -0.4 is 9.64 Å². The highest BCUT2D eigenvalue weighted by Crippen LogP contribution is 2.23. The summed E-state index contributed by atoms with van der Waals surface area (Å²) in [5.74, 6) is -0.179. The number of cyclic esters (lactones) is 1. The zero-order valence-corrected chi connectivity index (χ0v) is 19.7. The summed E-state index contributed by atoms with van der Waals surface area (Å²) in [6, 6.07) is 26.3. The van der Waals surface area contributed by atoms with Gasteiger partial charge in [0.05, 0.1) is 6.54 Å². The zero-order valence-electron chi connectivity index (χ0n) is 19.7. The first-order valence-electron chi connectivity index (χ1n) is 11.8. The highest BCUT2D eigenvalue weighted by Gasteiger charge is 2.32. The number of amides is 1. The number of ether oxygens (including phenoxy) is 2. The topological polar surface area (TPSA) is 79.3 Å². The lowest BCUT2D eigenvalue weighted by atomic mass is 10.1. The number of carboxylic acids is 1. The van der Waals surface area contributed by atoms with E-state index in [4.69, 9.17) is 9.47 Å². The highest BCUT2D eigenvalue weighted by atomic mass is 16.6. The van der Waals surface area contributed by atoms with Crippen molar-refractivity contribution in [1.29, 1.82) is 0 Å². The second kappa shape index (κ2) is 11.5. The smallest absolute Gasteiger partial charge is 0.414 e. The van der Waals surface area contributed by atoms with Crippen LogP contribution in [0.15, 0.2) is 84.9 Å². The van der Waals surface area contributed by atoms with Gasteiger partial charge in [0.25, 0.3) is 0 Å². The third kappa shape index (κ3) is 6.39. The van der Waals surface area contributed by atoms with Crippen LogP contribution in [0.2, 0.25) is 0 Å². The summed E-state index contributed by atoms with van der Waals surface area (Å²) >= 11 is 0. The molecule has 0 bridgehead atoms. The number of carboxylic acid groups (broad SMARTS) is 1. The van der Waals surface area contributed by atoms with Crippen molar-refractivity contribution in [2.45, 2.75) is 38.6 Å². The number of hydrogen-bond donors (Lipinski definition) is 1. The van der Waals surface area contributed by atoms with Crippen LogP contribution in [0.1, 0.15) is 24.5 Å². The maximum atomic E-state index is 12.3. The summed E-state index contributed by atoms with van der Waals surface area (Å²) in [5.41, 5.74) is 2.81. The molecule has 1 aliphatic heterocycles. The molecule has 7 heteroatoms. The SMILES string of the molecule is CCC(C(=O)O)N(Cc1ccccc1)Cc1cccc(OCC2CN(c3ccccc3)C(=O)O2)c1. The van der Waals surface area contributed by atoms with Crippen LogP contribution in [0.3, 0.4) is 0 Å². The summed E-state index contributed by atoms with van der Waals surface area (Å²) in [4.78, 5) is 27.7. The molecule has 3 aromatic carbocycles. The molecule has 1 N–H and O–H groups in total. The maximum absolute atomic E-state index is 12.3. The van der Waals surface area contributed by atoms with Crippen molar-refractivity contribution in [1.82, 2.24) is 4.90 Å². The van der Waals surface area contributed by atoms with E-state index in [1.165, 1.54) is 0 Å². The molecule has 7 nitrogen and oxygen atoms in total. The van der Waals surface area contributed by atoms with Crippen LogP contribution in [0.5, 0.6) is 5.75 Å². The van der Waals surface area contributed by atoms with E-state index in [9.17, 15) is 14.7 Å². The van der Waals surface area contributed by atoms with Gasteiger partial charge >= 0.3 is 12.1 Å². The third-order valence-electron chi connectivity index (χ3n) is 6.00. The van der Waals surface area contributed by atoms with Gasteiger partial charge in [-0.05, 0) is 41.8 Å². The van der Waals surface area contributed by atoms with E-state index in [0.29, 0.717) is 31.8 Å². The first-order chi connectivity index (χ1) is 17.0. The lowest BCUT2D eigenvalue weighted by Crippen LogP contribution is -2.39. The predicted octanol–water partition coefficient (Wildman–Crippen LogP) is 4.96. The van der Waals surface area contributed by atoms with Gasteiger partial charge in [0, 0.05) is 18.8 Å². The van der Waals surface area contributed by atoms with E-state index in [1.54, 1.807) is 4.90 Å². The van der Waals surface area contributed by atoms with Gasteiger partial charge in [-0.25, -0.2) is 4.79 Å². The van der Waals surface area contributed by atoms with Crippen LogP contribution in [-0.4, -0.2) is 47.4 Å². The minimum Gasteiger partial charge on any atom is -0.490 e. The molecule has 182 valence electrons. The van der Waals surface area contributed by atoms with Crippen molar-refractivity contribution in [3.8, 4) is 5.75 Å². The Morgan fingerprint density at radius 1 is 1.03 bits per heavy atom. The summed E-state index contributed by atoms with van der Waals surface area (Å²) in [5, 5.41) is 9.77. The Balaban J connectivity index is 1.40. The molecule has 4 rings (SSSR count). The lowest BCUT2D eigenvalue weighted by molar-refractivity contribution is -0.144. The number of hydrogen-bond acceptors (Lipinski definition) is 5. The molecule has 2 unspecified atom stereocenters. The van der Waals surface area contributed by atoms with E-state index in [2.05, 4.69) is 0 Å². The molecule has 0 spiro atoms. The number of nitrogens with zero attached hydrogens (tertiary/aromatic N) is 2. The average Bonchev–Trinajstić information content (AvgIpc) is 3.25. The second-order valence-electron chi connectivity index (χ2n) is 8.56. The van der Waals surface area contributed by atoms with Gasteiger partial charge in [0.1, 0.15) is 18.4 Å². The van der Waals surface area contributed by atoms with E-state index in [1.807, 2.05) is 96.8 Å². The standard InChI is InChI=1S/C28H30N2O5/c1-2-26(27(31)32)29(17-21-10-5-3-6-11-21)18-22-12-9-15-24(16-22)34-20-25-19-30(28(33)35-25)23-13-7-4-8-14-23/h3-16,25-26H,2,17-20H2,1H3,(H,31,32). The number of benzene rings is 3. The summed E-state index contributed by atoms with van der Waals surface area (Å²) in [6.07, 6.45) is -0.254. The van der Waals surface area contributed by atoms with Gasteiger partial charge < -0.3 is 14.6 Å². The number of para-hydroxylation sites is 1. The van der Waals surface area contributed by atoms with Gasteiger partial charge in [-0.2, -0.15) is 0 Å². The molecule has 1 heterocycles. The molecule has 0 radical (unpaired) electrons.